The van der Waals surface area contributed by atoms with Crippen LogP contribution in [0.5, 0.6) is 0 Å². The standard InChI is InChI=1S/C19H22N2O2S/c22-18(14-5-1-2-6-14)20-9-11-21(12-10-20)19(23)17-13-15-7-3-4-8-16(15)24-17/h3-4,7-8,13-14H,1-2,5-6,9-12H2. The molecule has 5 heteroatoms. The van der Waals surface area contributed by atoms with E-state index >= 15 is 0 Å². The molecule has 0 unspecified atom stereocenters. The van der Waals surface area contributed by atoms with E-state index in [1.165, 1.54) is 12.8 Å². The van der Waals surface area contributed by atoms with Gasteiger partial charge < -0.3 is 9.80 Å². The second-order valence-electron chi connectivity index (χ2n) is 6.75. The average Bonchev–Trinajstić information content (AvgIpc) is 3.30. The maximum Gasteiger partial charge on any atom is 0.264 e. The van der Waals surface area contributed by atoms with Crippen LogP contribution in [-0.2, 0) is 4.79 Å². The molecule has 0 radical (unpaired) electrons. The lowest BCUT2D eigenvalue weighted by Gasteiger charge is -2.35. The van der Waals surface area contributed by atoms with E-state index in [-0.39, 0.29) is 11.8 Å². The number of amides is 2. The molecule has 0 atom stereocenters. The largest absolute Gasteiger partial charge is 0.339 e. The Kier molecular flexibility index (Phi) is 4.27. The molecule has 0 spiro atoms. The van der Waals surface area contributed by atoms with E-state index in [0.717, 1.165) is 27.8 Å². The summed E-state index contributed by atoms with van der Waals surface area (Å²) in [6.07, 6.45) is 4.45. The highest BCUT2D eigenvalue weighted by Crippen LogP contribution is 2.28. The molecular formula is C19H22N2O2S. The van der Waals surface area contributed by atoms with Gasteiger partial charge in [-0.2, -0.15) is 0 Å². The number of thiophene rings is 1. The lowest BCUT2D eigenvalue weighted by Crippen LogP contribution is -2.51. The zero-order chi connectivity index (χ0) is 16.5. The molecule has 24 heavy (non-hydrogen) atoms. The van der Waals surface area contributed by atoms with E-state index in [2.05, 4.69) is 6.07 Å². The fourth-order valence-corrected chi connectivity index (χ4v) is 4.83. The van der Waals surface area contributed by atoms with Crippen molar-refractivity contribution in [3.63, 3.8) is 0 Å². The van der Waals surface area contributed by atoms with Gasteiger partial charge in [-0.05, 0) is 30.4 Å². The molecule has 2 aromatic rings. The van der Waals surface area contributed by atoms with Crippen LogP contribution in [0.15, 0.2) is 30.3 Å². The topological polar surface area (TPSA) is 40.6 Å². The smallest absolute Gasteiger partial charge is 0.264 e. The fourth-order valence-electron chi connectivity index (χ4n) is 3.80. The maximum absolute atomic E-state index is 12.7. The van der Waals surface area contributed by atoms with Crippen molar-refractivity contribution in [3.05, 3.63) is 35.2 Å². The number of hydrogen-bond donors (Lipinski definition) is 0. The van der Waals surface area contributed by atoms with Crippen LogP contribution in [0.1, 0.15) is 35.4 Å². The number of nitrogens with zero attached hydrogens (tertiary/aromatic N) is 2. The number of fused-ring (bicyclic) bond motifs is 1. The van der Waals surface area contributed by atoms with Gasteiger partial charge in [0, 0.05) is 36.8 Å². The van der Waals surface area contributed by atoms with Crippen LogP contribution in [-0.4, -0.2) is 47.8 Å². The summed E-state index contributed by atoms with van der Waals surface area (Å²) in [5.41, 5.74) is 0. The number of piperazine rings is 1. The summed E-state index contributed by atoms with van der Waals surface area (Å²) < 4.78 is 1.15. The quantitative estimate of drug-likeness (QED) is 0.839. The lowest BCUT2D eigenvalue weighted by molar-refractivity contribution is -0.136. The minimum absolute atomic E-state index is 0.101. The first-order valence-corrected chi connectivity index (χ1v) is 9.60. The zero-order valence-electron chi connectivity index (χ0n) is 13.7. The highest BCUT2D eigenvalue weighted by atomic mass is 32.1. The first-order chi connectivity index (χ1) is 11.7. The molecule has 1 saturated carbocycles. The van der Waals surface area contributed by atoms with E-state index in [4.69, 9.17) is 0 Å². The van der Waals surface area contributed by atoms with E-state index in [1.807, 2.05) is 34.1 Å². The number of carbonyl (C=O) groups is 2. The summed E-state index contributed by atoms with van der Waals surface area (Å²) in [7, 11) is 0. The summed E-state index contributed by atoms with van der Waals surface area (Å²) in [6, 6.07) is 10.1. The summed E-state index contributed by atoms with van der Waals surface area (Å²) in [4.78, 5) is 29.9. The van der Waals surface area contributed by atoms with E-state index in [1.54, 1.807) is 11.3 Å². The van der Waals surface area contributed by atoms with Crippen LogP contribution in [0.4, 0.5) is 0 Å². The summed E-state index contributed by atoms with van der Waals surface area (Å²) in [5, 5.41) is 1.13. The third-order valence-corrected chi connectivity index (χ3v) is 6.32. The van der Waals surface area contributed by atoms with E-state index < -0.39 is 0 Å². The van der Waals surface area contributed by atoms with Crippen molar-refractivity contribution in [2.24, 2.45) is 5.92 Å². The molecule has 2 aliphatic rings. The maximum atomic E-state index is 12.7. The fraction of sp³-hybridized carbons (Fsp3) is 0.474. The molecule has 126 valence electrons. The third kappa shape index (κ3) is 2.93. The molecule has 4 rings (SSSR count). The van der Waals surface area contributed by atoms with E-state index in [9.17, 15) is 9.59 Å². The molecule has 2 heterocycles. The summed E-state index contributed by atoms with van der Waals surface area (Å²) in [5.74, 6) is 0.639. The lowest BCUT2D eigenvalue weighted by atomic mass is 10.1. The van der Waals surface area contributed by atoms with Gasteiger partial charge in [0.1, 0.15) is 0 Å². The van der Waals surface area contributed by atoms with Crippen LogP contribution in [0.25, 0.3) is 10.1 Å². The Morgan fingerprint density at radius 1 is 0.958 bits per heavy atom. The molecule has 1 saturated heterocycles. The molecule has 1 aromatic carbocycles. The van der Waals surface area contributed by atoms with Gasteiger partial charge in [0.05, 0.1) is 4.88 Å². The van der Waals surface area contributed by atoms with Crippen molar-refractivity contribution < 1.29 is 9.59 Å². The Bertz CT molecular complexity index is 723. The van der Waals surface area contributed by atoms with Gasteiger partial charge in [-0.1, -0.05) is 31.0 Å². The molecule has 0 bridgehead atoms. The Labute approximate surface area is 146 Å². The number of rotatable bonds is 2. The van der Waals surface area contributed by atoms with Crippen molar-refractivity contribution in [3.8, 4) is 0 Å². The number of carbonyl (C=O) groups excluding carboxylic acids is 2. The minimum atomic E-state index is 0.101. The second-order valence-corrected chi connectivity index (χ2v) is 7.83. The summed E-state index contributed by atoms with van der Waals surface area (Å²) >= 11 is 1.55. The highest BCUT2D eigenvalue weighted by molar-refractivity contribution is 7.20. The zero-order valence-corrected chi connectivity index (χ0v) is 14.6. The average molecular weight is 342 g/mol. The Balaban J connectivity index is 1.39. The first kappa shape index (κ1) is 15.6. The molecule has 4 nitrogen and oxygen atoms in total. The van der Waals surface area contributed by atoms with Crippen molar-refractivity contribution in [1.82, 2.24) is 9.80 Å². The predicted molar refractivity (Wildman–Crippen MR) is 96.3 cm³/mol. The Morgan fingerprint density at radius 3 is 2.33 bits per heavy atom. The van der Waals surface area contributed by atoms with Gasteiger partial charge in [0.25, 0.3) is 5.91 Å². The highest BCUT2D eigenvalue weighted by Gasteiger charge is 2.31. The molecule has 2 fully saturated rings. The van der Waals surface area contributed by atoms with Crippen molar-refractivity contribution >= 4 is 33.2 Å². The molecule has 1 aliphatic carbocycles. The Hall–Kier alpha value is -1.88. The molecule has 2 amide bonds. The first-order valence-electron chi connectivity index (χ1n) is 8.79. The SMILES string of the molecule is O=C(c1cc2ccccc2s1)N1CCN(C(=O)C2CCCC2)CC1. The van der Waals surface area contributed by atoms with Crippen LogP contribution >= 0.6 is 11.3 Å². The van der Waals surface area contributed by atoms with Crippen LogP contribution in [0.2, 0.25) is 0 Å². The monoisotopic (exact) mass is 342 g/mol. The number of benzene rings is 1. The van der Waals surface area contributed by atoms with Crippen LogP contribution in [0.3, 0.4) is 0 Å². The van der Waals surface area contributed by atoms with Gasteiger partial charge in [-0.3, -0.25) is 9.59 Å². The molecular weight excluding hydrogens is 320 g/mol. The predicted octanol–water partition coefficient (Wildman–Crippen LogP) is 3.38. The second kappa shape index (κ2) is 6.55. The Morgan fingerprint density at radius 2 is 1.62 bits per heavy atom. The minimum Gasteiger partial charge on any atom is -0.339 e. The van der Waals surface area contributed by atoms with Gasteiger partial charge in [0.15, 0.2) is 0 Å². The van der Waals surface area contributed by atoms with E-state index in [0.29, 0.717) is 32.1 Å². The van der Waals surface area contributed by atoms with Gasteiger partial charge in [-0.25, -0.2) is 0 Å². The molecule has 0 N–H and O–H groups in total. The normalized spacial score (nSPS) is 19.2. The molecule has 1 aliphatic heterocycles. The van der Waals surface area contributed by atoms with Crippen LogP contribution < -0.4 is 0 Å². The third-order valence-electron chi connectivity index (χ3n) is 5.22. The van der Waals surface area contributed by atoms with Gasteiger partial charge >= 0.3 is 0 Å². The van der Waals surface area contributed by atoms with Crippen LogP contribution in [0, 0.1) is 5.92 Å². The molecule has 1 aromatic heterocycles. The van der Waals surface area contributed by atoms with Crippen molar-refractivity contribution in [2.45, 2.75) is 25.7 Å². The van der Waals surface area contributed by atoms with Crippen molar-refractivity contribution in [1.29, 1.82) is 0 Å². The van der Waals surface area contributed by atoms with Gasteiger partial charge in [0.2, 0.25) is 5.91 Å². The van der Waals surface area contributed by atoms with Crippen molar-refractivity contribution in [2.75, 3.05) is 26.2 Å². The van der Waals surface area contributed by atoms with Gasteiger partial charge in [-0.15, -0.1) is 11.3 Å². The summed E-state index contributed by atoms with van der Waals surface area (Å²) in [6.45, 7) is 2.63. The number of hydrogen-bond acceptors (Lipinski definition) is 3.